The lowest BCUT2D eigenvalue weighted by molar-refractivity contribution is -0.139. The first-order valence-corrected chi connectivity index (χ1v) is 6.93. The minimum Gasteiger partial charge on any atom is -0.480 e. The number of halogens is 1. The third kappa shape index (κ3) is 5.06. The van der Waals surface area contributed by atoms with E-state index in [-0.39, 0.29) is 13.0 Å². The number of benzene rings is 1. The zero-order valence-corrected chi connectivity index (χ0v) is 12.9. The van der Waals surface area contributed by atoms with Crippen molar-refractivity contribution in [1.29, 1.82) is 0 Å². The summed E-state index contributed by atoms with van der Waals surface area (Å²) in [6.45, 7) is 3.83. The van der Waals surface area contributed by atoms with Gasteiger partial charge in [-0.15, -0.1) is 0 Å². The molecule has 19 heavy (non-hydrogen) atoms. The number of hydrogen-bond donors (Lipinski definition) is 2. The van der Waals surface area contributed by atoms with Gasteiger partial charge in [-0.05, 0) is 53.6 Å². The SMILES string of the molecule is CCOC(=O)NC(Cc1ccc(I)c(C)c1)C(=O)O. The predicted molar refractivity (Wildman–Crippen MR) is 79.2 cm³/mol. The predicted octanol–water partition coefficient (Wildman–Crippen LogP) is 2.34. The molecule has 0 spiro atoms. The van der Waals surface area contributed by atoms with E-state index in [9.17, 15) is 9.59 Å². The van der Waals surface area contributed by atoms with Gasteiger partial charge in [0.2, 0.25) is 0 Å². The van der Waals surface area contributed by atoms with Gasteiger partial charge >= 0.3 is 12.1 Å². The Bertz CT molecular complexity index is 476. The second-order valence-electron chi connectivity index (χ2n) is 4.04. The van der Waals surface area contributed by atoms with Gasteiger partial charge in [0.15, 0.2) is 0 Å². The lowest BCUT2D eigenvalue weighted by atomic mass is 10.0. The first-order chi connectivity index (χ1) is 8.93. The Kier molecular flexibility index (Phi) is 6.07. The summed E-state index contributed by atoms with van der Waals surface area (Å²) in [5.41, 5.74) is 1.94. The lowest BCUT2D eigenvalue weighted by Crippen LogP contribution is -2.42. The van der Waals surface area contributed by atoms with Gasteiger partial charge in [0.1, 0.15) is 6.04 Å². The van der Waals surface area contributed by atoms with Gasteiger partial charge in [-0.3, -0.25) is 0 Å². The van der Waals surface area contributed by atoms with Crippen molar-refractivity contribution in [2.45, 2.75) is 26.3 Å². The van der Waals surface area contributed by atoms with Crippen molar-refractivity contribution in [3.63, 3.8) is 0 Å². The summed E-state index contributed by atoms with van der Waals surface area (Å²) < 4.78 is 5.81. The lowest BCUT2D eigenvalue weighted by Gasteiger charge is -2.14. The Balaban J connectivity index is 2.75. The molecule has 1 rings (SSSR count). The zero-order valence-electron chi connectivity index (χ0n) is 10.8. The van der Waals surface area contributed by atoms with Gasteiger partial charge in [0.25, 0.3) is 0 Å². The maximum atomic E-state index is 11.3. The van der Waals surface area contributed by atoms with Crippen molar-refractivity contribution < 1.29 is 19.4 Å². The van der Waals surface area contributed by atoms with E-state index in [1.807, 2.05) is 25.1 Å². The van der Waals surface area contributed by atoms with Gasteiger partial charge in [-0.25, -0.2) is 9.59 Å². The van der Waals surface area contributed by atoms with Gasteiger partial charge in [-0.1, -0.05) is 12.1 Å². The normalized spacial score (nSPS) is 11.7. The fraction of sp³-hybridized carbons (Fsp3) is 0.385. The Morgan fingerprint density at radius 2 is 2.16 bits per heavy atom. The van der Waals surface area contributed by atoms with E-state index in [0.29, 0.717) is 0 Å². The van der Waals surface area contributed by atoms with Gasteiger partial charge < -0.3 is 15.2 Å². The van der Waals surface area contributed by atoms with Crippen LogP contribution in [0.4, 0.5) is 4.79 Å². The first-order valence-electron chi connectivity index (χ1n) is 5.85. The highest BCUT2D eigenvalue weighted by molar-refractivity contribution is 14.1. The molecule has 0 aliphatic carbocycles. The van der Waals surface area contributed by atoms with Crippen LogP contribution < -0.4 is 5.32 Å². The van der Waals surface area contributed by atoms with Gasteiger partial charge in [0.05, 0.1) is 6.61 Å². The van der Waals surface area contributed by atoms with Crippen LogP contribution in [0, 0.1) is 10.5 Å². The van der Waals surface area contributed by atoms with E-state index in [2.05, 4.69) is 32.6 Å². The Labute approximate surface area is 125 Å². The van der Waals surface area contributed by atoms with Crippen molar-refractivity contribution in [1.82, 2.24) is 5.32 Å². The van der Waals surface area contributed by atoms with Gasteiger partial charge in [-0.2, -0.15) is 0 Å². The van der Waals surface area contributed by atoms with E-state index in [4.69, 9.17) is 5.11 Å². The molecule has 1 amide bonds. The molecule has 1 unspecified atom stereocenters. The Hall–Kier alpha value is -1.31. The van der Waals surface area contributed by atoms with E-state index in [1.165, 1.54) is 0 Å². The number of carbonyl (C=O) groups is 2. The number of amides is 1. The smallest absolute Gasteiger partial charge is 0.407 e. The summed E-state index contributed by atoms with van der Waals surface area (Å²) >= 11 is 2.21. The molecule has 5 nitrogen and oxygen atoms in total. The van der Waals surface area contributed by atoms with Crippen LogP contribution in [0.2, 0.25) is 0 Å². The molecule has 0 aromatic heterocycles. The summed E-state index contributed by atoms with van der Waals surface area (Å²) in [6, 6.07) is 4.72. The molecule has 0 heterocycles. The fourth-order valence-corrected chi connectivity index (χ4v) is 1.92. The number of nitrogens with one attached hydrogen (secondary N) is 1. The number of hydrogen-bond acceptors (Lipinski definition) is 3. The Morgan fingerprint density at radius 1 is 1.47 bits per heavy atom. The van der Waals surface area contributed by atoms with Crippen molar-refractivity contribution in [2.24, 2.45) is 0 Å². The average molecular weight is 377 g/mol. The number of carboxylic acids is 1. The van der Waals surface area contributed by atoms with Crippen LogP contribution in [0.1, 0.15) is 18.1 Å². The number of alkyl carbamates (subject to hydrolysis) is 1. The number of ether oxygens (including phenoxy) is 1. The largest absolute Gasteiger partial charge is 0.480 e. The zero-order chi connectivity index (χ0) is 14.4. The maximum Gasteiger partial charge on any atom is 0.407 e. The second kappa shape index (κ2) is 7.32. The van der Waals surface area contributed by atoms with Gasteiger partial charge in [0, 0.05) is 9.99 Å². The van der Waals surface area contributed by atoms with E-state index in [0.717, 1.165) is 14.7 Å². The number of aliphatic carboxylic acids is 1. The number of carbonyl (C=O) groups excluding carboxylic acids is 1. The molecular formula is C13H16INO4. The molecule has 0 fully saturated rings. The van der Waals surface area contributed by atoms with Crippen LogP contribution in [-0.2, 0) is 16.0 Å². The minimum atomic E-state index is -1.08. The summed E-state index contributed by atoms with van der Waals surface area (Å²) in [7, 11) is 0. The van der Waals surface area contributed by atoms with Crippen LogP contribution in [0.25, 0.3) is 0 Å². The molecule has 0 saturated carbocycles. The summed E-state index contributed by atoms with van der Waals surface area (Å²) in [4.78, 5) is 22.4. The van der Waals surface area contributed by atoms with Crippen molar-refractivity contribution >= 4 is 34.7 Å². The monoisotopic (exact) mass is 377 g/mol. The van der Waals surface area contributed by atoms with Crippen molar-refractivity contribution in [3.8, 4) is 0 Å². The summed E-state index contributed by atoms with van der Waals surface area (Å²) in [5, 5.41) is 11.4. The Morgan fingerprint density at radius 3 is 2.68 bits per heavy atom. The molecule has 1 aromatic rings. The van der Waals surface area contributed by atoms with Crippen LogP contribution >= 0.6 is 22.6 Å². The molecule has 6 heteroatoms. The molecule has 1 aromatic carbocycles. The highest BCUT2D eigenvalue weighted by Crippen LogP contribution is 2.14. The standard InChI is InChI=1S/C13H16INO4/c1-3-19-13(18)15-11(12(16)17)7-9-4-5-10(14)8(2)6-9/h4-6,11H,3,7H2,1-2H3,(H,15,18)(H,16,17). The molecule has 0 radical (unpaired) electrons. The first kappa shape index (κ1) is 15.7. The molecule has 104 valence electrons. The van der Waals surface area contributed by atoms with Crippen molar-refractivity contribution in [3.05, 3.63) is 32.9 Å². The number of rotatable bonds is 5. The number of carboxylic acid groups (broad SMARTS) is 1. The van der Waals surface area contributed by atoms with Crippen LogP contribution in [0.15, 0.2) is 18.2 Å². The molecule has 0 saturated heterocycles. The molecule has 0 aliphatic heterocycles. The topological polar surface area (TPSA) is 75.6 Å². The second-order valence-corrected chi connectivity index (χ2v) is 5.21. The maximum absolute atomic E-state index is 11.3. The van der Waals surface area contributed by atoms with E-state index in [1.54, 1.807) is 6.92 Å². The van der Waals surface area contributed by atoms with Crippen LogP contribution in [0.5, 0.6) is 0 Å². The fourth-order valence-electron chi connectivity index (χ4n) is 1.58. The third-order valence-electron chi connectivity index (χ3n) is 2.53. The molecule has 1 atom stereocenters. The van der Waals surface area contributed by atoms with E-state index >= 15 is 0 Å². The average Bonchev–Trinajstić information content (AvgIpc) is 2.33. The number of aryl methyl sites for hydroxylation is 1. The van der Waals surface area contributed by atoms with Crippen LogP contribution in [-0.4, -0.2) is 29.8 Å². The molecule has 2 N–H and O–H groups in total. The van der Waals surface area contributed by atoms with Crippen molar-refractivity contribution in [2.75, 3.05) is 6.61 Å². The van der Waals surface area contributed by atoms with E-state index < -0.39 is 18.1 Å². The summed E-state index contributed by atoms with van der Waals surface area (Å²) in [6.07, 6.45) is -0.483. The molecule has 0 aliphatic rings. The highest BCUT2D eigenvalue weighted by atomic mass is 127. The van der Waals surface area contributed by atoms with Crippen LogP contribution in [0.3, 0.4) is 0 Å². The molecular weight excluding hydrogens is 361 g/mol. The minimum absolute atomic E-state index is 0.209. The quantitative estimate of drug-likeness (QED) is 0.773. The summed E-state index contributed by atoms with van der Waals surface area (Å²) in [5.74, 6) is -1.08. The highest BCUT2D eigenvalue weighted by Gasteiger charge is 2.21. The molecule has 0 bridgehead atoms. The third-order valence-corrected chi connectivity index (χ3v) is 3.74.